The van der Waals surface area contributed by atoms with Gasteiger partial charge in [-0.05, 0) is 37.6 Å². The van der Waals surface area contributed by atoms with Crippen molar-refractivity contribution in [3.05, 3.63) is 28.8 Å². The predicted molar refractivity (Wildman–Crippen MR) is 83.3 cm³/mol. The van der Waals surface area contributed by atoms with E-state index in [2.05, 4.69) is 5.32 Å². The number of rotatable bonds is 7. The third kappa shape index (κ3) is 4.36. The fraction of sp³-hybridized carbons (Fsp3) is 0.571. The first kappa shape index (κ1) is 17.3. The first-order chi connectivity index (χ1) is 9.31. The Balaban J connectivity index is 3.16. The van der Waals surface area contributed by atoms with E-state index in [9.17, 15) is 8.42 Å². The van der Waals surface area contributed by atoms with Crippen LogP contribution in [0.25, 0.3) is 0 Å². The number of nitrogens with one attached hydrogen (secondary N) is 1. The van der Waals surface area contributed by atoms with E-state index in [1.807, 2.05) is 13.0 Å². The summed E-state index contributed by atoms with van der Waals surface area (Å²) in [5.74, 6) is 0.549. The highest BCUT2D eigenvalue weighted by molar-refractivity contribution is 7.91. The van der Waals surface area contributed by atoms with E-state index >= 15 is 0 Å². The Morgan fingerprint density at radius 3 is 2.55 bits per heavy atom. The molecule has 114 valence electrons. The molecule has 0 spiro atoms. The lowest BCUT2D eigenvalue weighted by molar-refractivity contribution is 0.412. The maximum absolute atomic E-state index is 11.8. The van der Waals surface area contributed by atoms with Gasteiger partial charge < -0.3 is 10.1 Å². The zero-order valence-electron chi connectivity index (χ0n) is 12.3. The number of methoxy groups -OCH3 is 1. The Morgan fingerprint density at radius 2 is 2.05 bits per heavy atom. The minimum absolute atomic E-state index is 0.281. The van der Waals surface area contributed by atoms with E-state index < -0.39 is 15.1 Å². The SMILES string of the molecule is CCCNC(c1ccc(Cl)c(OC)c1)C(C)S(C)(=O)=O. The summed E-state index contributed by atoms with van der Waals surface area (Å²) in [6.07, 6.45) is 2.18. The highest BCUT2D eigenvalue weighted by Gasteiger charge is 2.27. The molecule has 0 aliphatic carbocycles. The van der Waals surface area contributed by atoms with E-state index in [-0.39, 0.29) is 6.04 Å². The summed E-state index contributed by atoms with van der Waals surface area (Å²) in [4.78, 5) is 0. The van der Waals surface area contributed by atoms with Crippen molar-refractivity contribution in [1.29, 1.82) is 0 Å². The monoisotopic (exact) mass is 319 g/mol. The second-order valence-corrected chi connectivity index (χ2v) is 7.67. The molecule has 1 N–H and O–H groups in total. The van der Waals surface area contributed by atoms with E-state index in [4.69, 9.17) is 16.3 Å². The summed E-state index contributed by atoms with van der Waals surface area (Å²) in [6, 6.07) is 5.07. The minimum Gasteiger partial charge on any atom is -0.495 e. The second-order valence-electron chi connectivity index (χ2n) is 4.86. The topological polar surface area (TPSA) is 55.4 Å². The Hall–Kier alpha value is -0.780. The molecular weight excluding hydrogens is 298 g/mol. The fourth-order valence-electron chi connectivity index (χ4n) is 1.97. The van der Waals surface area contributed by atoms with E-state index in [1.165, 1.54) is 6.26 Å². The smallest absolute Gasteiger partial charge is 0.151 e. The summed E-state index contributed by atoms with van der Waals surface area (Å²) >= 11 is 6.01. The normalized spacial score (nSPS) is 14.8. The molecule has 4 nitrogen and oxygen atoms in total. The highest BCUT2D eigenvalue weighted by Crippen LogP contribution is 2.30. The standard InChI is InChI=1S/C14H22ClNO3S/c1-5-8-16-14(10(2)20(4,17)18)11-6-7-12(15)13(9-11)19-3/h6-7,9-10,14,16H,5,8H2,1-4H3. The van der Waals surface area contributed by atoms with Crippen LogP contribution in [-0.2, 0) is 9.84 Å². The van der Waals surface area contributed by atoms with E-state index in [0.717, 1.165) is 18.5 Å². The number of sulfone groups is 1. The number of halogens is 1. The molecule has 0 fully saturated rings. The van der Waals surface area contributed by atoms with Crippen LogP contribution >= 0.6 is 11.6 Å². The number of ether oxygens (including phenoxy) is 1. The largest absolute Gasteiger partial charge is 0.495 e. The average molecular weight is 320 g/mol. The van der Waals surface area contributed by atoms with Crippen molar-refractivity contribution in [2.45, 2.75) is 31.6 Å². The lowest BCUT2D eigenvalue weighted by Gasteiger charge is -2.25. The summed E-state index contributed by atoms with van der Waals surface area (Å²) in [5.41, 5.74) is 0.859. The fourth-order valence-corrected chi connectivity index (χ4v) is 2.91. The van der Waals surface area contributed by atoms with Gasteiger partial charge in [0.05, 0.1) is 17.4 Å². The Bertz CT molecular complexity index is 545. The first-order valence-electron chi connectivity index (χ1n) is 6.57. The molecule has 0 aliphatic heterocycles. The number of benzene rings is 1. The van der Waals surface area contributed by atoms with Crippen LogP contribution in [0.2, 0.25) is 5.02 Å². The van der Waals surface area contributed by atoms with Gasteiger partial charge in [-0.15, -0.1) is 0 Å². The molecule has 0 aromatic heterocycles. The van der Waals surface area contributed by atoms with Gasteiger partial charge in [0.1, 0.15) is 5.75 Å². The van der Waals surface area contributed by atoms with Crippen LogP contribution in [0.4, 0.5) is 0 Å². The van der Waals surface area contributed by atoms with Crippen LogP contribution in [0.3, 0.4) is 0 Å². The summed E-state index contributed by atoms with van der Waals surface area (Å²) in [7, 11) is -1.61. The zero-order valence-corrected chi connectivity index (χ0v) is 13.9. The average Bonchev–Trinajstić information content (AvgIpc) is 2.39. The second kappa shape index (κ2) is 7.29. The molecule has 2 atom stereocenters. The van der Waals surface area contributed by atoms with Gasteiger partial charge in [0.2, 0.25) is 0 Å². The molecule has 0 radical (unpaired) electrons. The van der Waals surface area contributed by atoms with Crippen molar-refractivity contribution in [2.24, 2.45) is 0 Å². The van der Waals surface area contributed by atoms with E-state index in [1.54, 1.807) is 26.2 Å². The Morgan fingerprint density at radius 1 is 1.40 bits per heavy atom. The molecule has 1 aromatic carbocycles. The molecule has 0 saturated heterocycles. The van der Waals surface area contributed by atoms with Gasteiger partial charge in [-0.1, -0.05) is 24.6 Å². The van der Waals surface area contributed by atoms with Gasteiger partial charge in [-0.2, -0.15) is 0 Å². The lowest BCUT2D eigenvalue weighted by atomic mass is 10.0. The van der Waals surface area contributed by atoms with Crippen molar-refractivity contribution >= 4 is 21.4 Å². The molecule has 1 rings (SSSR count). The lowest BCUT2D eigenvalue weighted by Crippen LogP contribution is -2.35. The van der Waals surface area contributed by atoms with Crippen molar-refractivity contribution < 1.29 is 13.2 Å². The number of hydrogen-bond donors (Lipinski definition) is 1. The van der Waals surface area contributed by atoms with Crippen LogP contribution < -0.4 is 10.1 Å². The molecule has 0 aliphatic rings. The van der Waals surface area contributed by atoms with Crippen molar-refractivity contribution in [3.8, 4) is 5.75 Å². The van der Waals surface area contributed by atoms with Crippen LogP contribution in [0.15, 0.2) is 18.2 Å². The van der Waals surface area contributed by atoms with Gasteiger partial charge in [-0.3, -0.25) is 0 Å². The van der Waals surface area contributed by atoms with E-state index in [0.29, 0.717) is 10.8 Å². The van der Waals surface area contributed by atoms with Gasteiger partial charge in [0.25, 0.3) is 0 Å². The quantitative estimate of drug-likeness (QED) is 0.839. The molecule has 20 heavy (non-hydrogen) atoms. The maximum atomic E-state index is 11.8. The van der Waals surface area contributed by atoms with Gasteiger partial charge in [-0.25, -0.2) is 8.42 Å². The zero-order chi connectivity index (χ0) is 15.3. The molecule has 2 unspecified atom stereocenters. The Kier molecular flexibility index (Phi) is 6.30. The first-order valence-corrected chi connectivity index (χ1v) is 8.90. The van der Waals surface area contributed by atoms with Crippen molar-refractivity contribution in [1.82, 2.24) is 5.32 Å². The van der Waals surface area contributed by atoms with Crippen molar-refractivity contribution in [2.75, 3.05) is 19.9 Å². The third-order valence-electron chi connectivity index (χ3n) is 3.29. The van der Waals surface area contributed by atoms with Crippen molar-refractivity contribution in [3.63, 3.8) is 0 Å². The number of hydrogen-bond acceptors (Lipinski definition) is 4. The van der Waals surface area contributed by atoms with Crippen LogP contribution in [0, 0.1) is 0 Å². The van der Waals surface area contributed by atoms with Gasteiger partial charge >= 0.3 is 0 Å². The Labute approximate surface area is 126 Å². The molecular formula is C14H22ClNO3S. The predicted octanol–water partition coefficient (Wildman–Crippen LogP) is 2.82. The molecule has 0 saturated carbocycles. The summed E-state index contributed by atoms with van der Waals surface area (Å²) < 4.78 is 28.9. The molecule has 1 aromatic rings. The third-order valence-corrected chi connectivity index (χ3v) is 5.23. The summed E-state index contributed by atoms with van der Waals surface area (Å²) in [5, 5.41) is 3.27. The minimum atomic E-state index is -3.15. The summed E-state index contributed by atoms with van der Waals surface area (Å²) in [6.45, 7) is 4.50. The van der Waals surface area contributed by atoms with Crippen LogP contribution in [-0.4, -0.2) is 33.6 Å². The van der Waals surface area contributed by atoms with Gasteiger partial charge in [0, 0.05) is 12.3 Å². The maximum Gasteiger partial charge on any atom is 0.151 e. The van der Waals surface area contributed by atoms with Crippen LogP contribution in [0.1, 0.15) is 31.9 Å². The molecule has 0 heterocycles. The van der Waals surface area contributed by atoms with Gasteiger partial charge in [0.15, 0.2) is 9.84 Å². The molecule has 6 heteroatoms. The van der Waals surface area contributed by atoms with Crippen LogP contribution in [0.5, 0.6) is 5.75 Å². The molecule has 0 amide bonds. The molecule has 0 bridgehead atoms. The highest BCUT2D eigenvalue weighted by atomic mass is 35.5.